The third-order valence-electron chi connectivity index (χ3n) is 2.09. The van der Waals surface area contributed by atoms with Gasteiger partial charge in [0.25, 0.3) is 0 Å². The highest BCUT2D eigenvalue weighted by molar-refractivity contribution is 6.05. The topological polar surface area (TPSA) is 86.7 Å². The molecule has 0 atom stereocenters. The van der Waals surface area contributed by atoms with Crippen LogP contribution in [0.25, 0.3) is 0 Å². The highest BCUT2D eigenvalue weighted by Crippen LogP contribution is 2.01. The Kier molecular flexibility index (Phi) is 8.95. The van der Waals surface area contributed by atoms with Gasteiger partial charge < -0.3 is 9.47 Å². The van der Waals surface area contributed by atoms with Crippen molar-refractivity contribution in [3.8, 4) is 0 Å². The van der Waals surface area contributed by atoms with Crippen LogP contribution in [-0.2, 0) is 28.7 Å². The summed E-state index contributed by atoms with van der Waals surface area (Å²) in [6.07, 6.45) is 2.57. The predicted molar refractivity (Wildman–Crippen MR) is 66.3 cm³/mol. The lowest BCUT2D eigenvalue weighted by Gasteiger charge is -1.99. The second-order valence-electron chi connectivity index (χ2n) is 3.70. The number of hydrogen-bond acceptors (Lipinski definition) is 6. The fourth-order valence-electron chi connectivity index (χ4n) is 1.22. The number of carbonyl (C=O) groups excluding carboxylic acids is 4. The van der Waals surface area contributed by atoms with Crippen molar-refractivity contribution in [2.24, 2.45) is 0 Å². The Labute approximate surface area is 111 Å². The first-order valence-corrected chi connectivity index (χ1v) is 5.93. The molecule has 0 radical (unpaired) electrons. The lowest BCUT2D eigenvalue weighted by Crippen LogP contribution is -2.13. The van der Waals surface area contributed by atoms with Crippen LogP contribution < -0.4 is 0 Å². The molecule has 0 amide bonds. The van der Waals surface area contributed by atoms with Crippen LogP contribution in [0.5, 0.6) is 0 Å². The second kappa shape index (κ2) is 9.99. The first kappa shape index (κ1) is 17.0. The normalized spacial score (nSPS) is 10.2. The minimum atomic E-state index is -0.653. The van der Waals surface area contributed by atoms with Gasteiger partial charge in [-0.1, -0.05) is 6.08 Å². The summed E-state index contributed by atoms with van der Waals surface area (Å²) in [5.74, 6) is -1.86. The van der Waals surface area contributed by atoms with Crippen LogP contribution in [0.1, 0.15) is 32.6 Å². The molecule has 0 aliphatic rings. The molecular weight excluding hydrogens is 252 g/mol. The van der Waals surface area contributed by atoms with E-state index in [2.05, 4.69) is 9.47 Å². The summed E-state index contributed by atoms with van der Waals surface area (Å²) < 4.78 is 8.97. The molecule has 0 aliphatic heterocycles. The number of hydrogen-bond donors (Lipinski definition) is 0. The Bertz CT molecular complexity index is 369. The third-order valence-corrected chi connectivity index (χ3v) is 2.09. The summed E-state index contributed by atoms with van der Waals surface area (Å²) in [6, 6.07) is 0. The molecule has 106 valence electrons. The highest BCUT2D eigenvalue weighted by atomic mass is 16.5. The Morgan fingerprint density at radius 3 is 2.32 bits per heavy atom. The first-order valence-electron chi connectivity index (χ1n) is 5.93. The Morgan fingerprint density at radius 1 is 1.05 bits per heavy atom. The molecule has 0 aromatic carbocycles. The van der Waals surface area contributed by atoms with Gasteiger partial charge in [-0.25, -0.2) is 4.79 Å². The molecule has 0 aromatic rings. The first-order chi connectivity index (χ1) is 8.99. The predicted octanol–water partition coefficient (Wildman–Crippen LogP) is 0.977. The molecule has 0 bridgehead atoms. The molecule has 0 aromatic heterocycles. The van der Waals surface area contributed by atoms with E-state index in [1.165, 1.54) is 19.3 Å². The van der Waals surface area contributed by atoms with Crippen molar-refractivity contribution >= 4 is 23.5 Å². The molecule has 6 heteroatoms. The number of esters is 2. The van der Waals surface area contributed by atoms with Gasteiger partial charge in [-0.15, -0.1) is 0 Å². The minimum absolute atomic E-state index is 0.142. The van der Waals surface area contributed by atoms with Gasteiger partial charge in [0.1, 0.15) is 12.2 Å². The van der Waals surface area contributed by atoms with Gasteiger partial charge in [0.05, 0.1) is 20.1 Å². The monoisotopic (exact) mass is 270 g/mol. The Balaban J connectivity index is 3.84. The molecule has 0 saturated carbocycles. The van der Waals surface area contributed by atoms with Crippen molar-refractivity contribution in [3.05, 3.63) is 12.2 Å². The van der Waals surface area contributed by atoms with Crippen LogP contribution in [0.4, 0.5) is 0 Å². The lowest BCUT2D eigenvalue weighted by atomic mass is 10.1. The molecule has 0 rings (SSSR count). The van der Waals surface area contributed by atoms with E-state index in [1.807, 2.05) is 0 Å². The summed E-state index contributed by atoms with van der Waals surface area (Å²) in [5.41, 5.74) is 0. The van der Waals surface area contributed by atoms with Crippen LogP contribution in [0.2, 0.25) is 0 Å². The molecule has 0 fully saturated rings. The van der Waals surface area contributed by atoms with Crippen LogP contribution >= 0.6 is 0 Å². The number of methoxy groups -OCH3 is 1. The maximum atomic E-state index is 11.4. The summed E-state index contributed by atoms with van der Waals surface area (Å²) >= 11 is 0. The lowest BCUT2D eigenvalue weighted by molar-refractivity contribution is -0.143. The van der Waals surface area contributed by atoms with E-state index < -0.39 is 17.7 Å². The van der Waals surface area contributed by atoms with E-state index >= 15 is 0 Å². The summed E-state index contributed by atoms with van der Waals surface area (Å²) in [5, 5.41) is 0. The van der Waals surface area contributed by atoms with Crippen LogP contribution in [0.15, 0.2) is 12.2 Å². The highest BCUT2D eigenvalue weighted by Gasteiger charge is 2.13. The number of ether oxygens (including phenoxy) is 2. The quantitative estimate of drug-likeness (QED) is 0.352. The van der Waals surface area contributed by atoms with E-state index in [0.717, 1.165) is 0 Å². The average molecular weight is 270 g/mol. The average Bonchev–Trinajstić information content (AvgIpc) is 2.34. The number of rotatable bonds is 9. The van der Waals surface area contributed by atoms with Crippen LogP contribution in [0, 0.1) is 0 Å². The summed E-state index contributed by atoms with van der Waals surface area (Å²) in [4.78, 5) is 44.3. The van der Waals surface area contributed by atoms with Crippen LogP contribution in [0.3, 0.4) is 0 Å². The number of ketones is 2. The van der Waals surface area contributed by atoms with Gasteiger partial charge >= 0.3 is 11.9 Å². The smallest absolute Gasteiger partial charge is 0.330 e. The van der Waals surface area contributed by atoms with E-state index in [1.54, 1.807) is 6.92 Å². The maximum absolute atomic E-state index is 11.4. The molecule has 19 heavy (non-hydrogen) atoms. The number of allylic oxidation sites excluding steroid dienone is 1. The maximum Gasteiger partial charge on any atom is 0.330 e. The molecule has 0 heterocycles. The molecule has 0 aliphatic carbocycles. The zero-order valence-electron chi connectivity index (χ0n) is 11.1. The van der Waals surface area contributed by atoms with Gasteiger partial charge in [-0.05, 0) is 13.3 Å². The van der Waals surface area contributed by atoms with Crippen molar-refractivity contribution in [1.29, 1.82) is 0 Å². The number of Topliss-reactive ketones (excluding diaryl/α,β-unsaturated/α-hetero) is 2. The SMILES string of the molecule is CCOC(=O)/C=C/CCC(=O)CC(=O)CC(=O)OC. The molecule has 0 unspecified atom stereocenters. The van der Waals surface area contributed by atoms with Gasteiger partial charge in [0, 0.05) is 12.5 Å². The Hall–Kier alpha value is -1.98. The molecular formula is C13H18O6. The van der Waals surface area contributed by atoms with E-state index in [9.17, 15) is 19.2 Å². The second-order valence-corrected chi connectivity index (χ2v) is 3.70. The zero-order chi connectivity index (χ0) is 14.7. The van der Waals surface area contributed by atoms with E-state index in [-0.39, 0.29) is 25.0 Å². The molecule has 6 nitrogen and oxygen atoms in total. The van der Waals surface area contributed by atoms with Crippen molar-refractivity contribution in [2.45, 2.75) is 32.6 Å². The standard InChI is InChI=1S/C13H18O6/c1-3-19-12(16)7-5-4-6-10(14)8-11(15)9-13(17)18-2/h5,7H,3-4,6,8-9H2,1-2H3/b7-5+. The fourth-order valence-corrected chi connectivity index (χ4v) is 1.22. The minimum Gasteiger partial charge on any atom is -0.469 e. The fraction of sp³-hybridized carbons (Fsp3) is 0.538. The summed E-state index contributed by atoms with van der Waals surface area (Å²) in [6.45, 7) is 1.99. The summed E-state index contributed by atoms with van der Waals surface area (Å²) in [7, 11) is 1.18. The van der Waals surface area contributed by atoms with E-state index in [4.69, 9.17) is 0 Å². The zero-order valence-corrected chi connectivity index (χ0v) is 11.1. The third kappa shape index (κ3) is 9.70. The molecule has 0 saturated heterocycles. The van der Waals surface area contributed by atoms with Gasteiger partial charge in [-0.3, -0.25) is 14.4 Å². The van der Waals surface area contributed by atoms with Gasteiger partial charge in [-0.2, -0.15) is 0 Å². The molecule has 0 N–H and O–H groups in total. The molecule has 0 spiro atoms. The van der Waals surface area contributed by atoms with Crippen LogP contribution in [-0.4, -0.2) is 37.2 Å². The van der Waals surface area contributed by atoms with Crippen molar-refractivity contribution in [1.82, 2.24) is 0 Å². The van der Waals surface area contributed by atoms with E-state index in [0.29, 0.717) is 13.0 Å². The largest absolute Gasteiger partial charge is 0.469 e. The van der Waals surface area contributed by atoms with Gasteiger partial charge in [0.2, 0.25) is 0 Å². The van der Waals surface area contributed by atoms with Crippen molar-refractivity contribution in [2.75, 3.05) is 13.7 Å². The van der Waals surface area contributed by atoms with Crippen molar-refractivity contribution < 1.29 is 28.7 Å². The van der Waals surface area contributed by atoms with Gasteiger partial charge in [0.15, 0.2) is 5.78 Å². The number of carbonyl (C=O) groups is 4. The Morgan fingerprint density at radius 2 is 1.74 bits per heavy atom. The van der Waals surface area contributed by atoms with Crippen molar-refractivity contribution in [3.63, 3.8) is 0 Å².